The van der Waals surface area contributed by atoms with Crippen LogP contribution in [0.2, 0.25) is 0 Å². The number of hydrogen-bond acceptors (Lipinski definition) is 11. The molecule has 15 nitrogen and oxygen atoms in total. The van der Waals surface area contributed by atoms with E-state index in [0.29, 0.717) is 83.6 Å². The van der Waals surface area contributed by atoms with E-state index in [1.54, 1.807) is 0 Å². The molecule has 532 valence electrons. The van der Waals surface area contributed by atoms with E-state index in [1.165, 1.54) is 5.56 Å². The molecule has 5 rings (SSSR count). The van der Waals surface area contributed by atoms with Crippen molar-refractivity contribution in [1.29, 1.82) is 0 Å². The maximum Gasteiger partial charge on any atom is 1.00 e. The number of benzene rings is 5. The molecular formula is C72H93Br3F6K2N4O11. The molecule has 0 radical (unpaired) electrons. The van der Waals surface area contributed by atoms with Crippen molar-refractivity contribution in [2.75, 3.05) is 19.6 Å². The van der Waals surface area contributed by atoms with Crippen LogP contribution in [0, 0.1) is 36.0 Å². The van der Waals surface area contributed by atoms with Crippen molar-refractivity contribution in [3.05, 3.63) is 174 Å². The standard InChI is InChI=1S/C18H22F3NO2.C16H23NO.C11H11BrF3NO.C9H10BrNO.C9H9BrO2.C7H12O.CH2O3.CH4.2K.H/c1-3-17(24,4-2)11-10-15-8-5-7-14(13-15)9-6-12-22-16(23)18(19,20)21;1-3-16(18,4-2)11-10-15-8-5-7-14(13-15)9-6-12-17;12-9-5-1-3-8(7-9)4-2-6-16-10(17)11(13,14)15;2*10-8-3-1-2-7(6-8)4-5-9(11)12;1-4-7(8,5-2)6-3;2-1-4-3;;;;/h5,7-8,13,24H,3-4,6,9,12H2,1-2H3,(H,22,23);5,7-8,13,18H,3-4,6,9,12,17H2,1-2H3;1,3,5,7H,2,4,6H2,(H,16,17);1-3,6H,4-5H2,(H2,11,12);1-3,6H,4-5H2,(H,11,12);1,8H,5-6H2,2-3H3;1,3H;1H4;;;/q;;;;;;;;2*+1;-1/p-1. The van der Waals surface area contributed by atoms with Gasteiger partial charge in [-0.25, -0.2) is 0 Å². The van der Waals surface area contributed by atoms with Crippen LogP contribution < -0.4 is 130 Å². The number of terminal acetylenes is 1. The second-order valence-electron chi connectivity index (χ2n) is 20.8. The molecule has 0 aliphatic rings. The van der Waals surface area contributed by atoms with Gasteiger partial charge in [0.05, 0.1) is 0 Å². The van der Waals surface area contributed by atoms with Gasteiger partial charge in [0.1, 0.15) is 16.8 Å². The zero-order chi connectivity index (χ0) is 72.5. The Morgan fingerprint density at radius 1 is 0.551 bits per heavy atom. The Balaban J connectivity index is -0.000000264. The summed E-state index contributed by atoms with van der Waals surface area (Å²) < 4.78 is 74.6. The summed E-state index contributed by atoms with van der Waals surface area (Å²) in [4.78, 5) is 53.1. The summed E-state index contributed by atoms with van der Waals surface area (Å²) in [6.45, 7) is 11.9. The maximum absolute atomic E-state index is 12.0. The fraction of sp³-hybridized carbons (Fsp3) is 0.431. The molecule has 3 amide bonds. The van der Waals surface area contributed by atoms with Crippen molar-refractivity contribution in [2.24, 2.45) is 11.5 Å². The van der Waals surface area contributed by atoms with Gasteiger partial charge in [0.25, 0.3) is 6.47 Å². The van der Waals surface area contributed by atoms with Gasteiger partial charge < -0.3 is 54.1 Å². The monoisotopic (exact) mass is 1620 g/mol. The van der Waals surface area contributed by atoms with Gasteiger partial charge in [0.15, 0.2) is 0 Å². The topological polar surface area (TPSA) is 275 Å². The number of primary amides is 1. The number of aliphatic hydroxyl groups is 3. The van der Waals surface area contributed by atoms with Crippen molar-refractivity contribution in [2.45, 2.75) is 181 Å². The molecule has 5 aromatic carbocycles. The summed E-state index contributed by atoms with van der Waals surface area (Å²) in [6.07, 6.45) is 4.96. The third kappa shape index (κ3) is 53.1. The van der Waals surface area contributed by atoms with Crippen LogP contribution in [0.25, 0.3) is 0 Å². The Morgan fingerprint density at radius 2 is 0.847 bits per heavy atom. The van der Waals surface area contributed by atoms with Crippen molar-refractivity contribution in [3.63, 3.8) is 0 Å². The van der Waals surface area contributed by atoms with Crippen molar-refractivity contribution in [1.82, 2.24) is 10.6 Å². The molecule has 0 fully saturated rings. The Bertz CT molecular complexity index is 3180. The van der Waals surface area contributed by atoms with Crippen LogP contribution in [0.5, 0.6) is 0 Å². The quantitative estimate of drug-likeness (QED) is 0.00570. The van der Waals surface area contributed by atoms with E-state index in [0.717, 1.165) is 66.1 Å². The first-order valence-electron chi connectivity index (χ1n) is 30.4. The van der Waals surface area contributed by atoms with Gasteiger partial charge in [0, 0.05) is 50.5 Å². The average Bonchev–Trinajstić information content (AvgIpc) is 0.979. The number of aliphatic carboxylic acids is 1. The van der Waals surface area contributed by atoms with Gasteiger partial charge in [-0.05, 0) is 185 Å². The molecule has 10 N–H and O–H groups in total. The van der Waals surface area contributed by atoms with Crippen molar-refractivity contribution < 1.29 is 185 Å². The van der Waals surface area contributed by atoms with E-state index in [1.807, 2.05) is 161 Å². The zero-order valence-electron chi connectivity index (χ0n) is 57.3. The molecule has 0 spiro atoms. The van der Waals surface area contributed by atoms with E-state index in [-0.39, 0.29) is 144 Å². The predicted molar refractivity (Wildman–Crippen MR) is 375 cm³/mol. The molecule has 0 unspecified atom stereocenters. The van der Waals surface area contributed by atoms with E-state index >= 15 is 0 Å². The fourth-order valence-corrected chi connectivity index (χ4v) is 8.73. The van der Waals surface area contributed by atoms with Gasteiger partial charge in [0.2, 0.25) is 5.91 Å². The number of nitrogens with one attached hydrogen (secondary N) is 2. The van der Waals surface area contributed by atoms with E-state index in [9.17, 15) is 60.8 Å². The Hall–Kier alpha value is -3.78. The Labute approximate surface area is 687 Å². The molecule has 0 saturated heterocycles. The van der Waals surface area contributed by atoms with E-state index in [4.69, 9.17) is 33.0 Å². The van der Waals surface area contributed by atoms with E-state index < -0.39 is 46.9 Å². The van der Waals surface area contributed by atoms with Crippen LogP contribution in [0.4, 0.5) is 26.3 Å². The van der Waals surface area contributed by atoms with Crippen LogP contribution in [0.3, 0.4) is 0 Å². The molecule has 0 saturated carbocycles. The summed E-state index contributed by atoms with van der Waals surface area (Å²) in [6, 6.07) is 38.5. The Kier molecular flexibility index (Phi) is 61.6. The summed E-state index contributed by atoms with van der Waals surface area (Å²) in [5.74, 6) is 9.37. The predicted octanol–water partition coefficient (Wildman–Crippen LogP) is 7.44. The van der Waals surface area contributed by atoms with Gasteiger partial charge in [-0.15, -0.1) is 6.42 Å². The molecule has 5 aromatic rings. The summed E-state index contributed by atoms with van der Waals surface area (Å²) in [7, 11) is 0. The fourth-order valence-electron chi connectivity index (χ4n) is 7.39. The van der Waals surface area contributed by atoms with Crippen molar-refractivity contribution in [3.8, 4) is 36.0 Å². The number of carbonyl (C=O) groups excluding carboxylic acids is 4. The van der Waals surface area contributed by atoms with Crippen LogP contribution in [0.15, 0.2) is 135 Å². The number of amides is 3. The van der Waals surface area contributed by atoms with Crippen molar-refractivity contribution >= 4 is 78.0 Å². The second-order valence-corrected chi connectivity index (χ2v) is 23.6. The third-order valence-corrected chi connectivity index (χ3v) is 15.0. The first kappa shape index (κ1) is 103. The number of alkyl halides is 6. The number of carbonyl (C=O) groups is 5. The molecular weight excluding hydrogens is 1530 g/mol. The van der Waals surface area contributed by atoms with Gasteiger partial charge in [-0.3, -0.25) is 24.0 Å². The number of carboxylic acids is 1. The number of nitrogens with two attached hydrogens (primary N) is 2. The molecule has 0 heterocycles. The second kappa shape index (κ2) is 58.7. The molecule has 0 aromatic heterocycles. The minimum Gasteiger partial charge on any atom is -1.00 e. The first-order chi connectivity index (χ1) is 44.7. The number of halogens is 9. The normalized spacial score (nSPS) is 10.3. The maximum atomic E-state index is 12.0. The van der Waals surface area contributed by atoms with Gasteiger partial charge in [-0.1, -0.05) is 187 Å². The van der Waals surface area contributed by atoms with Gasteiger partial charge >= 0.3 is 133 Å². The molecule has 98 heavy (non-hydrogen) atoms. The molecule has 26 heteroatoms. The molecule has 0 aliphatic carbocycles. The number of carboxylic acid groups (broad SMARTS) is 1. The smallest absolute Gasteiger partial charge is 1.00 e. The van der Waals surface area contributed by atoms with Crippen LogP contribution in [-0.4, -0.2) is 99.4 Å². The van der Waals surface area contributed by atoms with Gasteiger partial charge in [-0.2, -0.15) is 26.3 Å². The minimum atomic E-state index is -4.84. The summed E-state index contributed by atoms with van der Waals surface area (Å²) in [5.41, 5.74) is 14.9. The summed E-state index contributed by atoms with van der Waals surface area (Å²) >= 11 is 9.98. The average molecular weight is 1620 g/mol. The third-order valence-electron chi connectivity index (χ3n) is 13.5. The molecule has 0 aliphatic heterocycles. The SMILES string of the molecule is C.C#CC(O)(CC)CC.CCC(O)(C#Cc1cccc(CCCN)c1)CC.CCC(O)(C#Cc1cccc(CCCNC(=O)C(F)(F)F)c1)CC.NC(=O)CCc1cccc(Br)c1.O=C(NCCCc1cccc(Br)c1)C(F)(F)F.O=C(O)CCc1cccc(Br)c1.O=CO[O-].[H-].[K+].[K+]. The summed E-state index contributed by atoms with van der Waals surface area (Å²) in [5, 5.41) is 50.0. The number of hydrogen-bond donors (Lipinski definition) is 8. The molecule has 0 bridgehead atoms. The largest absolute Gasteiger partial charge is 1.00 e. The number of rotatable bonds is 24. The van der Waals surface area contributed by atoms with Crippen LogP contribution in [-0.2, 0) is 61.0 Å². The van der Waals surface area contributed by atoms with Crippen LogP contribution in [0.1, 0.15) is 160 Å². The zero-order valence-corrected chi connectivity index (χ0v) is 67.3. The van der Waals surface area contributed by atoms with Crippen LogP contribution >= 0.6 is 47.8 Å². The van der Waals surface area contributed by atoms with E-state index in [2.05, 4.69) is 94.4 Å². The Morgan fingerprint density at radius 3 is 1.10 bits per heavy atom. The molecule has 0 atom stereocenters. The number of aryl methyl sites for hydroxylation is 5. The minimum absolute atomic E-state index is 0. The first-order valence-corrected chi connectivity index (χ1v) is 32.8.